The number of methoxy groups -OCH3 is 1. The largest absolute Gasteiger partial charge is 0.468 e. The van der Waals surface area contributed by atoms with E-state index in [0.29, 0.717) is 17.5 Å². The number of nitrogens with zero attached hydrogens (tertiary/aromatic N) is 1. The second-order valence-electron chi connectivity index (χ2n) is 8.66. The lowest BCUT2D eigenvalue weighted by Gasteiger charge is -2.35. The van der Waals surface area contributed by atoms with Crippen LogP contribution in [-0.4, -0.2) is 38.1 Å². The Hall–Kier alpha value is -4.60. The van der Waals surface area contributed by atoms with E-state index in [1.165, 1.54) is 7.11 Å². The number of benzene rings is 2. The van der Waals surface area contributed by atoms with Crippen molar-refractivity contribution in [1.29, 1.82) is 0 Å². The minimum absolute atomic E-state index is 0.00229. The van der Waals surface area contributed by atoms with Crippen LogP contribution in [0.2, 0.25) is 0 Å². The van der Waals surface area contributed by atoms with Gasteiger partial charge in [-0.1, -0.05) is 43.7 Å². The number of nitrogens with two attached hydrogens (primary N) is 1. The highest BCUT2D eigenvalue weighted by Crippen LogP contribution is 2.55. The van der Waals surface area contributed by atoms with E-state index in [1.54, 1.807) is 48.5 Å². The molecule has 10 heteroatoms. The number of hydrogen-bond acceptors (Lipinski definition) is 9. The predicted molar refractivity (Wildman–Crippen MR) is 132 cm³/mol. The maximum absolute atomic E-state index is 14.4. The fourth-order valence-electron chi connectivity index (χ4n) is 4.94. The molecular formula is C27H24N2O8. The molecule has 0 fully saturated rings. The number of hydrogen-bond donors (Lipinski definition) is 1. The van der Waals surface area contributed by atoms with Crippen LogP contribution in [0.25, 0.3) is 11.0 Å². The number of carbonyl (C=O) groups is 3. The van der Waals surface area contributed by atoms with Gasteiger partial charge in [0.05, 0.1) is 19.1 Å². The summed E-state index contributed by atoms with van der Waals surface area (Å²) in [7, 11) is 1.20. The number of fused-ring (bicyclic) bond motifs is 6. The zero-order valence-corrected chi connectivity index (χ0v) is 20.2. The van der Waals surface area contributed by atoms with E-state index in [2.05, 4.69) is 0 Å². The Morgan fingerprint density at radius 1 is 1.08 bits per heavy atom. The van der Waals surface area contributed by atoms with Gasteiger partial charge >= 0.3 is 17.6 Å². The molecule has 1 spiro atoms. The number of para-hydroxylation sites is 2. The Morgan fingerprint density at radius 2 is 1.81 bits per heavy atom. The van der Waals surface area contributed by atoms with Crippen molar-refractivity contribution in [3.8, 4) is 5.75 Å². The highest BCUT2D eigenvalue weighted by molar-refractivity contribution is 6.20. The molecule has 5 rings (SSSR count). The van der Waals surface area contributed by atoms with Crippen LogP contribution in [0.4, 0.5) is 5.69 Å². The van der Waals surface area contributed by atoms with Crippen molar-refractivity contribution in [2.45, 2.75) is 25.2 Å². The Labute approximate surface area is 211 Å². The van der Waals surface area contributed by atoms with Crippen LogP contribution in [-0.2, 0) is 29.3 Å². The van der Waals surface area contributed by atoms with E-state index in [-0.39, 0.29) is 40.5 Å². The number of amides is 1. The first-order valence-corrected chi connectivity index (χ1v) is 11.8. The van der Waals surface area contributed by atoms with Crippen LogP contribution in [0.15, 0.2) is 69.2 Å². The molecule has 0 saturated carbocycles. The minimum atomic E-state index is -2.07. The molecule has 2 aromatic carbocycles. The van der Waals surface area contributed by atoms with E-state index >= 15 is 0 Å². The second kappa shape index (κ2) is 9.12. The molecule has 0 aliphatic carbocycles. The number of carbonyl (C=O) groups excluding carboxylic acids is 3. The molecule has 190 valence electrons. The van der Waals surface area contributed by atoms with Gasteiger partial charge in [0.1, 0.15) is 28.7 Å². The highest BCUT2D eigenvalue weighted by Gasteiger charge is 2.63. The fourth-order valence-corrected chi connectivity index (χ4v) is 4.94. The summed E-state index contributed by atoms with van der Waals surface area (Å²) in [5.74, 6) is -2.74. The number of unbranched alkanes of at least 4 members (excludes halogenated alkanes) is 1. The second-order valence-corrected chi connectivity index (χ2v) is 8.66. The van der Waals surface area contributed by atoms with Crippen molar-refractivity contribution < 1.29 is 33.0 Å². The van der Waals surface area contributed by atoms with Gasteiger partial charge < -0.3 is 24.4 Å². The predicted octanol–water partition coefficient (Wildman–Crippen LogP) is 2.50. The number of anilines is 1. The van der Waals surface area contributed by atoms with Gasteiger partial charge in [0.25, 0.3) is 0 Å². The molecule has 3 heterocycles. The smallest absolute Gasteiger partial charge is 0.345 e. The number of esters is 2. The molecular weight excluding hydrogens is 480 g/mol. The third kappa shape index (κ3) is 3.47. The average Bonchev–Trinajstić information content (AvgIpc) is 3.12. The molecule has 2 aliphatic rings. The summed E-state index contributed by atoms with van der Waals surface area (Å²) in [5.41, 5.74) is 3.62. The van der Waals surface area contributed by atoms with Crippen LogP contribution >= 0.6 is 0 Å². The van der Waals surface area contributed by atoms with Gasteiger partial charge in [-0.2, -0.15) is 0 Å². The molecule has 3 aromatic rings. The third-order valence-corrected chi connectivity index (χ3v) is 6.59. The standard InChI is InChI=1S/C27H24N2O8/c1-3-4-13-35-24(31)21-23(28)37-22-15-9-5-8-12-18(15)36-25(32)20(22)27(21)16-10-6-7-11-17(16)29(26(27)33)14-19(30)34-2/h5-12H,3-4,13-14,28H2,1-2H3/t27-/m1/s1. The molecule has 1 amide bonds. The van der Waals surface area contributed by atoms with Crippen LogP contribution < -0.4 is 21.0 Å². The molecule has 2 N–H and O–H groups in total. The van der Waals surface area contributed by atoms with Gasteiger partial charge in [-0.05, 0) is 24.6 Å². The maximum Gasteiger partial charge on any atom is 0.345 e. The minimum Gasteiger partial charge on any atom is -0.468 e. The van der Waals surface area contributed by atoms with E-state index < -0.39 is 35.4 Å². The summed E-state index contributed by atoms with van der Waals surface area (Å²) in [6.45, 7) is 1.55. The van der Waals surface area contributed by atoms with Crippen LogP contribution in [0.5, 0.6) is 5.75 Å². The Kier molecular flexibility index (Phi) is 5.94. The molecule has 1 aromatic heterocycles. The molecule has 0 bridgehead atoms. The van der Waals surface area contributed by atoms with Gasteiger partial charge in [0.2, 0.25) is 11.8 Å². The van der Waals surface area contributed by atoms with Crippen molar-refractivity contribution in [2.24, 2.45) is 5.73 Å². The Balaban J connectivity index is 1.86. The molecule has 0 unspecified atom stereocenters. The Bertz CT molecular complexity index is 1540. The zero-order chi connectivity index (χ0) is 26.3. The van der Waals surface area contributed by atoms with Crippen molar-refractivity contribution in [3.63, 3.8) is 0 Å². The molecule has 10 nitrogen and oxygen atoms in total. The van der Waals surface area contributed by atoms with Crippen molar-refractivity contribution in [3.05, 3.63) is 81.5 Å². The first-order chi connectivity index (χ1) is 17.9. The number of rotatable bonds is 6. The third-order valence-electron chi connectivity index (χ3n) is 6.59. The zero-order valence-electron chi connectivity index (χ0n) is 20.2. The van der Waals surface area contributed by atoms with Gasteiger partial charge in [0.15, 0.2) is 5.75 Å². The van der Waals surface area contributed by atoms with Crippen molar-refractivity contribution >= 4 is 34.5 Å². The first-order valence-electron chi connectivity index (χ1n) is 11.8. The Morgan fingerprint density at radius 3 is 2.57 bits per heavy atom. The SMILES string of the molecule is CCCCOC(=O)C1=C(N)Oc2c(c(=O)oc3ccccc23)[C@@]12C(=O)N(CC(=O)OC)c1ccccc12. The summed E-state index contributed by atoms with van der Waals surface area (Å²) in [5, 5.41) is 0.384. The summed E-state index contributed by atoms with van der Waals surface area (Å²) in [6, 6.07) is 13.2. The van der Waals surface area contributed by atoms with E-state index in [4.69, 9.17) is 24.4 Å². The quantitative estimate of drug-likeness (QED) is 0.305. The van der Waals surface area contributed by atoms with Gasteiger partial charge in [-0.15, -0.1) is 0 Å². The van der Waals surface area contributed by atoms with E-state index in [9.17, 15) is 19.2 Å². The maximum atomic E-state index is 14.4. The molecule has 2 aliphatic heterocycles. The summed E-state index contributed by atoms with van der Waals surface area (Å²) < 4.78 is 21.8. The lowest BCUT2D eigenvalue weighted by atomic mass is 9.68. The van der Waals surface area contributed by atoms with Crippen molar-refractivity contribution in [2.75, 3.05) is 25.2 Å². The van der Waals surface area contributed by atoms with E-state index in [0.717, 1.165) is 11.3 Å². The average molecular weight is 504 g/mol. The topological polar surface area (TPSA) is 138 Å². The summed E-state index contributed by atoms with van der Waals surface area (Å²) >= 11 is 0. The lowest BCUT2D eigenvalue weighted by molar-refractivity contribution is -0.141. The summed E-state index contributed by atoms with van der Waals surface area (Å²) in [4.78, 5) is 55.0. The van der Waals surface area contributed by atoms with Gasteiger partial charge in [0, 0.05) is 11.3 Å². The summed E-state index contributed by atoms with van der Waals surface area (Å²) in [6.07, 6.45) is 1.34. The number of ether oxygens (including phenoxy) is 3. The normalized spacial score (nSPS) is 18.0. The van der Waals surface area contributed by atoms with Gasteiger partial charge in [-0.25, -0.2) is 9.59 Å². The van der Waals surface area contributed by atoms with Crippen LogP contribution in [0, 0.1) is 0 Å². The monoisotopic (exact) mass is 504 g/mol. The van der Waals surface area contributed by atoms with Crippen LogP contribution in [0.1, 0.15) is 30.9 Å². The molecule has 0 saturated heterocycles. The van der Waals surface area contributed by atoms with Crippen molar-refractivity contribution in [1.82, 2.24) is 0 Å². The molecule has 1 atom stereocenters. The molecule has 0 radical (unpaired) electrons. The lowest BCUT2D eigenvalue weighted by Crippen LogP contribution is -2.51. The molecule has 37 heavy (non-hydrogen) atoms. The highest BCUT2D eigenvalue weighted by atomic mass is 16.5. The fraction of sp³-hybridized carbons (Fsp3) is 0.259. The first kappa shape index (κ1) is 24.1. The van der Waals surface area contributed by atoms with E-state index in [1.807, 2.05) is 6.92 Å². The van der Waals surface area contributed by atoms with Gasteiger partial charge in [-0.3, -0.25) is 14.5 Å². The van der Waals surface area contributed by atoms with Crippen LogP contribution in [0.3, 0.4) is 0 Å².